The summed E-state index contributed by atoms with van der Waals surface area (Å²) in [5.41, 5.74) is 7.55. The third-order valence-corrected chi connectivity index (χ3v) is 2.94. The lowest BCUT2D eigenvalue weighted by Crippen LogP contribution is -2.52. The van der Waals surface area contributed by atoms with Gasteiger partial charge in [-0.05, 0) is 11.6 Å². The maximum Gasteiger partial charge on any atom is 0.242 e. The third kappa shape index (κ3) is 1.13. The van der Waals surface area contributed by atoms with Crippen molar-refractivity contribution < 1.29 is 4.79 Å². The molecule has 2 rings (SSSR count). The largest absolute Gasteiger partial charge is 0.324 e. The average molecular weight is 190 g/mol. The molecule has 3 heteroatoms. The van der Waals surface area contributed by atoms with Gasteiger partial charge in [0.25, 0.3) is 0 Å². The van der Waals surface area contributed by atoms with Crippen LogP contribution in [0.2, 0.25) is 0 Å². The number of anilines is 1. The molecule has 1 aliphatic rings. The minimum Gasteiger partial charge on any atom is -0.324 e. The van der Waals surface area contributed by atoms with Crippen LogP contribution in [0.15, 0.2) is 24.3 Å². The number of hydrogen-bond acceptors (Lipinski definition) is 2. The molecule has 0 spiro atoms. The molecule has 0 saturated heterocycles. The van der Waals surface area contributed by atoms with E-state index in [0.717, 1.165) is 11.3 Å². The van der Waals surface area contributed by atoms with E-state index in [4.69, 9.17) is 5.73 Å². The fourth-order valence-corrected chi connectivity index (χ4v) is 1.86. The van der Waals surface area contributed by atoms with Gasteiger partial charge in [-0.1, -0.05) is 32.0 Å². The number of nitrogens with one attached hydrogen (secondary N) is 1. The normalized spacial score (nSPS) is 23.9. The summed E-state index contributed by atoms with van der Waals surface area (Å²) in [7, 11) is 0. The Morgan fingerprint density at radius 3 is 2.71 bits per heavy atom. The molecule has 1 aromatic carbocycles. The van der Waals surface area contributed by atoms with Crippen molar-refractivity contribution in [1.82, 2.24) is 0 Å². The third-order valence-electron chi connectivity index (χ3n) is 2.94. The summed E-state index contributed by atoms with van der Waals surface area (Å²) in [5, 5.41) is 2.80. The van der Waals surface area contributed by atoms with Gasteiger partial charge in [0.2, 0.25) is 5.91 Å². The van der Waals surface area contributed by atoms with Crippen molar-refractivity contribution in [2.24, 2.45) is 5.73 Å². The standard InChI is InChI=1S/C11H14N2O/c1-11(2)7-5-3-4-6-8(7)13-10(14)9(11)12/h3-6,9H,12H2,1-2H3,(H,13,14). The topological polar surface area (TPSA) is 55.1 Å². The van der Waals surface area contributed by atoms with E-state index in [1.165, 1.54) is 0 Å². The number of benzene rings is 1. The lowest BCUT2D eigenvalue weighted by Gasteiger charge is -2.37. The summed E-state index contributed by atoms with van der Waals surface area (Å²) in [4.78, 5) is 11.5. The van der Waals surface area contributed by atoms with E-state index in [2.05, 4.69) is 5.32 Å². The second-order valence-corrected chi connectivity index (χ2v) is 4.23. The van der Waals surface area contributed by atoms with Crippen molar-refractivity contribution in [3.05, 3.63) is 29.8 Å². The lowest BCUT2D eigenvalue weighted by molar-refractivity contribution is -0.119. The van der Waals surface area contributed by atoms with Crippen molar-refractivity contribution in [2.75, 3.05) is 5.32 Å². The maximum atomic E-state index is 11.5. The van der Waals surface area contributed by atoms with Gasteiger partial charge in [-0.2, -0.15) is 0 Å². The van der Waals surface area contributed by atoms with Crippen LogP contribution in [0, 0.1) is 0 Å². The molecule has 0 radical (unpaired) electrons. The highest BCUT2D eigenvalue weighted by molar-refractivity contribution is 5.99. The van der Waals surface area contributed by atoms with E-state index in [-0.39, 0.29) is 11.3 Å². The molecular formula is C11H14N2O. The molecule has 0 fully saturated rings. The first-order valence-corrected chi connectivity index (χ1v) is 4.69. The van der Waals surface area contributed by atoms with Crippen LogP contribution in [-0.2, 0) is 10.2 Å². The van der Waals surface area contributed by atoms with Crippen LogP contribution in [0.5, 0.6) is 0 Å². The number of nitrogens with two attached hydrogens (primary N) is 1. The van der Waals surface area contributed by atoms with Crippen LogP contribution in [0.3, 0.4) is 0 Å². The molecule has 1 aliphatic heterocycles. The van der Waals surface area contributed by atoms with E-state index >= 15 is 0 Å². The first kappa shape index (κ1) is 9.21. The summed E-state index contributed by atoms with van der Waals surface area (Å²) in [6.45, 7) is 3.99. The van der Waals surface area contributed by atoms with E-state index in [0.29, 0.717) is 0 Å². The minimum absolute atomic E-state index is 0.103. The Morgan fingerprint density at radius 1 is 1.36 bits per heavy atom. The molecule has 0 saturated carbocycles. The highest BCUT2D eigenvalue weighted by atomic mass is 16.2. The summed E-state index contributed by atoms with van der Waals surface area (Å²) in [6.07, 6.45) is 0. The van der Waals surface area contributed by atoms with Gasteiger partial charge in [0.1, 0.15) is 0 Å². The van der Waals surface area contributed by atoms with Gasteiger partial charge in [-0.25, -0.2) is 0 Å². The monoisotopic (exact) mass is 190 g/mol. The van der Waals surface area contributed by atoms with Gasteiger partial charge in [0.15, 0.2) is 0 Å². The average Bonchev–Trinajstić information content (AvgIpc) is 2.15. The molecule has 3 N–H and O–H groups in total. The van der Waals surface area contributed by atoms with E-state index in [1.54, 1.807) is 0 Å². The van der Waals surface area contributed by atoms with Gasteiger partial charge in [-0.15, -0.1) is 0 Å². The first-order chi connectivity index (χ1) is 6.53. The minimum atomic E-state index is -0.475. The highest BCUT2D eigenvalue weighted by Gasteiger charge is 2.39. The number of hydrogen-bond donors (Lipinski definition) is 2. The molecule has 0 aliphatic carbocycles. The molecule has 1 atom stereocenters. The molecule has 0 bridgehead atoms. The fraction of sp³-hybridized carbons (Fsp3) is 0.364. The summed E-state index contributed by atoms with van der Waals surface area (Å²) < 4.78 is 0. The fourth-order valence-electron chi connectivity index (χ4n) is 1.86. The number of amides is 1. The van der Waals surface area contributed by atoms with Crippen LogP contribution in [-0.4, -0.2) is 11.9 Å². The van der Waals surface area contributed by atoms with Crippen LogP contribution in [0.1, 0.15) is 19.4 Å². The quantitative estimate of drug-likeness (QED) is 0.646. The van der Waals surface area contributed by atoms with Gasteiger partial charge in [0, 0.05) is 11.1 Å². The number of carbonyl (C=O) groups excluding carboxylic acids is 1. The number of carbonyl (C=O) groups is 1. The second kappa shape index (κ2) is 2.82. The molecule has 1 aromatic rings. The molecule has 0 aromatic heterocycles. The van der Waals surface area contributed by atoms with E-state index in [1.807, 2.05) is 38.1 Å². The Hall–Kier alpha value is -1.35. The molecular weight excluding hydrogens is 176 g/mol. The van der Waals surface area contributed by atoms with Gasteiger partial charge < -0.3 is 11.1 Å². The zero-order chi connectivity index (χ0) is 10.3. The predicted octanol–water partition coefficient (Wildman–Crippen LogP) is 1.24. The Labute approximate surface area is 83.3 Å². The van der Waals surface area contributed by atoms with Gasteiger partial charge in [0.05, 0.1) is 6.04 Å². The van der Waals surface area contributed by atoms with Crippen LogP contribution >= 0.6 is 0 Å². The predicted molar refractivity (Wildman–Crippen MR) is 56.1 cm³/mol. The lowest BCUT2D eigenvalue weighted by atomic mass is 9.75. The molecule has 3 nitrogen and oxygen atoms in total. The van der Waals surface area contributed by atoms with Crippen LogP contribution in [0.4, 0.5) is 5.69 Å². The van der Waals surface area contributed by atoms with Crippen molar-refractivity contribution in [3.8, 4) is 0 Å². The number of rotatable bonds is 0. The van der Waals surface area contributed by atoms with E-state index < -0.39 is 6.04 Å². The Kier molecular flexibility index (Phi) is 1.86. The van der Waals surface area contributed by atoms with Crippen molar-refractivity contribution >= 4 is 11.6 Å². The molecule has 74 valence electrons. The number of para-hydroxylation sites is 1. The smallest absolute Gasteiger partial charge is 0.242 e. The van der Waals surface area contributed by atoms with Gasteiger partial charge >= 0.3 is 0 Å². The summed E-state index contributed by atoms with van der Waals surface area (Å²) >= 11 is 0. The van der Waals surface area contributed by atoms with Gasteiger partial charge in [-0.3, -0.25) is 4.79 Å². The first-order valence-electron chi connectivity index (χ1n) is 4.69. The summed E-state index contributed by atoms with van der Waals surface area (Å²) in [5.74, 6) is -0.103. The Morgan fingerprint density at radius 2 is 2.00 bits per heavy atom. The molecule has 1 unspecified atom stereocenters. The molecule has 14 heavy (non-hydrogen) atoms. The summed E-state index contributed by atoms with van der Waals surface area (Å²) in [6, 6.07) is 7.31. The number of fused-ring (bicyclic) bond motifs is 1. The zero-order valence-corrected chi connectivity index (χ0v) is 8.37. The SMILES string of the molecule is CC1(C)c2ccccc2NC(=O)C1N. The Bertz CT molecular complexity index is 385. The Balaban J connectivity index is 2.59. The van der Waals surface area contributed by atoms with Crippen molar-refractivity contribution in [3.63, 3.8) is 0 Å². The van der Waals surface area contributed by atoms with Crippen LogP contribution in [0.25, 0.3) is 0 Å². The molecule has 1 amide bonds. The highest BCUT2D eigenvalue weighted by Crippen LogP contribution is 2.35. The van der Waals surface area contributed by atoms with Crippen molar-refractivity contribution in [1.29, 1.82) is 0 Å². The van der Waals surface area contributed by atoms with Crippen LogP contribution < -0.4 is 11.1 Å². The van der Waals surface area contributed by atoms with Crippen molar-refractivity contribution in [2.45, 2.75) is 25.3 Å². The molecule has 1 heterocycles. The zero-order valence-electron chi connectivity index (χ0n) is 8.37. The maximum absolute atomic E-state index is 11.5. The van der Waals surface area contributed by atoms with E-state index in [9.17, 15) is 4.79 Å². The second-order valence-electron chi connectivity index (χ2n) is 4.23.